The molecule has 2 aromatic rings. The maximum Gasteiger partial charge on any atom is 0.0632 e. The standard InChI is InChI=1S/C16H16N2/c1-13(18-15-10-6-3-7-11-15)12-16(17)14-8-4-2-5-9-14/h2-12H,17H2,1H3/b16-12-,18-13?. The van der Waals surface area contributed by atoms with E-state index in [0.717, 1.165) is 22.7 Å². The second kappa shape index (κ2) is 5.82. The van der Waals surface area contributed by atoms with Crippen LogP contribution in [-0.4, -0.2) is 5.71 Å². The van der Waals surface area contributed by atoms with Gasteiger partial charge in [0.05, 0.1) is 5.69 Å². The minimum absolute atomic E-state index is 0.729. The van der Waals surface area contributed by atoms with Crippen molar-refractivity contribution in [3.8, 4) is 0 Å². The molecule has 2 heteroatoms. The van der Waals surface area contributed by atoms with Crippen molar-refractivity contribution in [3.63, 3.8) is 0 Å². The van der Waals surface area contributed by atoms with Crippen LogP contribution in [-0.2, 0) is 0 Å². The number of rotatable bonds is 3. The van der Waals surface area contributed by atoms with Crippen molar-refractivity contribution in [2.75, 3.05) is 0 Å². The normalized spacial score (nSPS) is 12.5. The Morgan fingerprint density at radius 1 is 0.944 bits per heavy atom. The van der Waals surface area contributed by atoms with Gasteiger partial charge in [-0.15, -0.1) is 0 Å². The highest BCUT2D eigenvalue weighted by atomic mass is 14.7. The number of para-hydroxylation sites is 1. The van der Waals surface area contributed by atoms with Crippen molar-refractivity contribution < 1.29 is 0 Å². The third kappa shape index (κ3) is 3.32. The molecule has 2 N–H and O–H groups in total. The predicted octanol–water partition coefficient (Wildman–Crippen LogP) is 3.78. The first kappa shape index (κ1) is 12.1. The first-order chi connectivity index (χ1) is 8.75. The van der Waals surface area contributed by atoms with Crippen LogP contribution in [0, 0.1) is 0 Å². The van der Waals surface area contributed by atoms with Gasteiger partial charge in [-0.25, -0.2) is 0 Å². The lowest BCUT2D eigenvalue weighted by Gasteiger charge is -2.01. The fourth-order valence-corrected chi connectivity index (χ4v) is 1.68. The zero-order valence-electron chi connectivity index (χ0n) is 10.4. The van der Waals surface area contributed by atoms with Crippen molar-refractivity contribution in [1.82, 2.24) is 0 Å². The minimum atomic E-state index is 0.729. The molecule has 0 aliphatic carbocycles. The number of nitrogens with zero attached hydrogens (tertiary/aromatic N) is 1. The molecule has 0 atom stereocenters. The third-order valence-electron chi connectivity index (χ3n) is 2.53. The molecule has 2 nitrogen and oxygen atoms in total. The molecule has 0 spiro atoms. The predicted molar refractivity (Wildman–Crippen MR) is 77.8 cm³/mol. The summed E-state index contributed by atoms with van der Waals surface area (Å²) < 4.78 is 0. The van der Waals surface area contributed by atoms with Gasteiger partial charge in [-0.2, -0.15) is 0 Å². The Kier molecular flexibility index (Phi) is 3.92. The van der Waals surface area contributed by atoms with Crippen LogP contribution in [0.2, 0.25) is 0 Å². The Bertz CT molecular complexity index is 554. The number of hydrogen-bond donors (Lipinski definition) is 1. The summed E-state index contributed by atoms with van der Waals surface area (Å²) in [6.07, 6.45) is 1.89. The Balaban J connectivity index is 2.21. The molecule has 0 aliphatic rings. The molecule has 2 rings (SSSR count). The zero-order valence-corrected chi connectivity index (χ0v) is 10.4. The van der Waals surface area contributed by atoms with Gasteiger partial charge in [-0.05, 0) is 30.7 Å². The Morgan fingerprint density at radius 2 is 1.50 bits per heavy atom. The Morgan fingerprint density at radius 3 is 2.11 bits per heavy atom. The number of benzene rings is 2. The highest BCUT2D eigenvalue weighted by Crippen LogP contribution is 2.12. The molecular formula is C16H16N2. The Labute approximate surface area is 107 Å². The smallest absolute Gasteiger partial charge is 0.0632 e. The van der Waals surface area contributed by atoms with E-state index in [4.69, 9.17) is 5.73 Å². The molecule has 18 heavy (non-hydrogen) atoms. The van der Waals surface area contributed by atoms with E-state index < -0.39 is 0 Å². The summed E-state index contributed by atoms with van der Waals surface area (Å²) in [5.41, 5.74) is 9.60. The van der Waals surface area contributed by atoms with Crippen molar-refractivity contribution in [2.24, 2.45) is 10.7 Å². The summed E-state index contributed by atoms with van der Waals surface area (Å²) >= 11 is 0. The molecule has 0 fully saturated rings. The van der Waals surface area contributed by atoms with E-state index in [1.165, 1.54) is 0 Å². The lowest BCUT2D eigenvalue weighted by Crippen LogP contribution is -1.99. The van der Waals surface area contributed by atoms with E-state index in [1.54, 1.807) is 0 Å². The van der Waals surface area contributed by atoms with Crippen LogP contribution in [0.4, 0.5) is 5.69 Å². The van der Waals surface area contributed by atoms with Gasteiger partial charge < -0.3 is 5.73 Å². The van der Waals surface area contributed by atoms with Gasteiger partial charge >= 0.3 is 0 Å². The summed E-state index contributed by atoms with van der Waals surface area (Å²) in [7, 11) is 0. The lowest BCUT2D eigenvalue weighted by atomic mass is 10.1. The molecule has 90 valence electrons. The highest BCUT2D eigenvalue weighted by molar-refractivity contribution is 6.00. The van der Waals surface area contributed by atoms with Gasteiger partial charge in [0.1, 0.15) is 0 Å². The number of allylic oxidation sites excluding steroid dienone is 1. The molecule has 0 saturated heterocycles. The van der Waals surface area contributed by atoms with Crippen LogP contribution in [0.5, 0.6) is 0 Å². The van der Waals surface area contributed by atoms with E-state index in [0.29, 0.717) is 0 Å². The van der Waals surface area contributed by atoms with Gasteiger partial charge in [-0.1, -0.05) is 48.5 Å². The van der Waals surface area contributed by atoms with Crippen LogP contribution in [0.15, 0.2) is 71.7 Å². The van der Waals surface area contributed by atoms with Crippen LogP contribution in [0.1, 0.15) is 12.5 Å². The average Bonchev–Trinajstić information content (AvgIpc) is 2.40. The summed E-state index contributed by atoms with van der Waals surface area (Å²) in [5.74, 6) is 0. The Hall–Kier alpha value is -2.35. The molecule has 0 heterocycles. The van der Waals surface area contributed by atoms with Gasteiger partial charge in [0.25, 0.3) is 0 Å². The van der Waals surface area contributed by atoms with Crippen LogP contribution in [0.3, 0.4) is 0 Å². The molecule has 0 aliphatic heterocycles. The molecule has 0 unspecified atom stereocenters. The van der Waals surface area contributed by atoms with Crippen LogP contribution >= 0.6 is 0 Å². The summed E-state index contributed by atoms with van der Waals surface area (Å²) in [6.45, 7) is 1.95. The zero-order chi connectivity index (χ0) is 12.8. The second-order valence-electron chi connectivity index (χ2n) is 4.05. The fourth-order valence-electron chi connectivity index (χ4n) is 1.68. The maximum absolute atomic E-state index is 6.03. The first-order valence-electron chi connectivity index (χ1n) is 5.88. The molecule has 0 bridgehead atoms. The van der Waals surface area contributed by atoms with Crippen molar-refractivity contribution >= 4 is 17.1 Å². The minimum Gasteiger partial charge on any atom is -0.398 e. The first-order valence-corrected chi connectivity index (χ1v) is 5.88. The molecule has 0 aromatic heterocycles. The summed E-state index contributed by atoms with van der Waals surface area (Å²) in [4.78, 5) is 4.48. The van der Waals surface area contributed by atoms with E-state index in [9.17, 15) is 0 Å². The third-order valence-corrected chi connectivity index (χ3v) is 2.53. The van der Waals surface area contributed by atoms with Gasteiger partial charge in [0.2, 0.25) is 0 Å². The number of hydrogen-bond acceptors (Lipinski definition) is 2. The molecule has 0 amide bonds. The van der Waals surface area contributed by atoms with E-state index in [-0.39, 0.29) is 0 Å². The average molecular weight is 236 g/mol. The van der Waals surface area contributed by atoms with Gasteiger partial charge in [0.15, 0.2) is 0 Å². The van der Waals surface area contributed by atoms with Gasteiger partial charge in [0, 0.05) is 11.4 Å². The second-order valence-corrected chi connectivity index (χ2v) is 4.05. The van der Waals surface area contributed by atoms with Crippen LogP contribution in [0.25, 0.3) is 5.70 Å². The van der Waals surface area contributed by atoms with Crippen molar-refractivity contribution in [1.29, 1.82) is 0 Å². The molecule has 2 aromatic carbocycles. The molecule has 0 radical (unpaired) electrons. The number of nitrogens with two attached hydrogens (primary N) is 1. The van der Waals surface area contributed by atoms with E-state index in [2.05, 4.69) is 4.99 Å². The fraction of sp³-hybridized carbons (Fsp3) is 0.0625. The van der Waals surface area contributed by atoms with Gasteiger partial charge in [-0.3, -0.25) is 4.99 Å². The lowest BCUT2D eigenvalue weighted by molar-refractivity contribution is 1.48. The quantitative estimate of drug-likeness (QED) is 0.809. The SMILES string of the molecule is CC(/C=C(\N)c1ccccc1)=Nc1ccccc1. The molecule has 0 saturated carbocycles. The van der Waals surface area contributed by atoms with Crippen molar-refractivity contribution in [2.45, 2.75) is 6.92 Å². The monoisotopic (exact) mass is 236 g/mol. The molecular weight excluding hydrogens is 220 g/mol. The number of aliphatic imine (C=N–C) groups is 1. The highest BCUT2D eigenvalue weighted by Gasteiger charge is 1.96. The largest absolute Gasteiger partial charge is 0.398 e. The van der Waals surface area contributed by atoms with E-state index in [1.807, 2.05) is 73.7 Å². The summed E-state index contributed by atoms with van der Waals surface area (Å²) in [6, 6.07) is 19.7. The van der Waals surface area contributed by atoms with Crippen LogP contribution < -0.4 is 5.73 Å². The maximum atomic E-state index is 6.03. The topological polar surface area (TPSA) is 38.4 Å². The van der Waals surface area contributed by atoms with Crippen molar-refractivity contribution in [3.05, 3.63) is 72.3 Å². The van der Waals surface area contributed by atoms with E-state index >= 15 is 0 Å². The summed E-state index contributed by atoms with van der Waals surface area (Å²) in [5, 5.41) is 0.